The van der Waals surface area contributed by atoms with Crippen LogP contribution in [0.15, 0.2) is 73.1 Å². The highest BCUT2D eigenvalue weighted by molar-refractivity contribution is 14.1. The molecule has 0 aliphatic rings. The van der Waals surface area contributed by atoms with Crippen LogP contribution in [0.2, 0.25) is 0 Å². The normalized spacial score (nSPS) is 10.8. The minimum atomic E-state index is -0.0982. The van der Waals surface area contributed by atoms with Crippen LogP contribution in [0.4, 0.5) is 5.69 Å². The zero-order valence-corrected chi connectivity index (χ0v) is 16.3. The summed E-state index contributed by atoms with van der Waals surface area (Å²) >= 11 is 2.21. The van der Waals surface area contributed by atoms with Crippen LogP contribution < -0.4 is 5.32 Å². The van der Waals surface area contributed by atoms with E-state index < -0.39 is 0 Å². The summed E-state index contributed by atoms with van der Waals surface area (Å²) in [6.45, 7) is 2.00. The lowest BCUT2D eigenvalue weighted by Gasteiger charge is -2.10. The third-order valence-corrected chi connectivity index (χ3v) is 5.73. The maximum Gasteiger partial charge on any atom is 0.256 e. The number of imidazole rings is 1. The van der Waals surface area contributed by atoms with Crippen LogP contribution in [0, 0.1) is 10.5 Å². The molecule has 128 valence electrons. The van der Waals surface area contributed by atoms with Gasteiger partial charge in [0.15, 0.2) is 0 Å². The summed E-state index contributed by atoms with van der Waals surface area (Å²) in [7, 11) is 0. The van der Waals surface area contributed by atoms with Gasteiger partial charge in [-0.1, -0.05) is 24.3 Å². The molecule has 4 rings (SSSR count). The van der Waals surface area contributed by atoms with Gasteiger partial charge in [0.25, 0.3) is 5.91 Å². The average molecular weight is 453 g/mol. The van der Waals surface area contributed by atoms with Crippen molar-refractivity contribution in [3.05, 3.63) is 87.8 Å². The number of halogens is 1. The Morgan fingerprint density at radius 3 is 2.58 bits per heavy atom. The number of amides is 1. The molecule has 4 aromatic rings. The minimum Gasteiger partial charge on any atom is -0.322 e. The molecule has 26 heavy (non-hydrogen) atoms. The van der Waals surface area contributed by atoms with Crippen molar-refractivity contribution in [2.24, 2.45) is 0 Å². The molecule has 1 aromatic heterocycles. The number of carbonyl (C=O) groups excluding carboxylic acids is 1. The van der Waals surface area contributed by atoms with E-state index >= 15 is 0 Å². The fourth-order valence-electron chi connectivity index (χ4n) is 2.89. The van der Waals surface area contributed by atoms with Crippen molar-refractivity contribution >= 4 is 45.2 Å². The predicted octanol–water partition coefficient (Wildman–Crippen LogP) is 5.19. The molecule has 4 nitrogen and oxygen atoms in total. The van der Waals surface area contributed by atoms with Gasteiger partial charge in [0, 0.05) is 14.9 Å². The van der Waals surface area contributed by atoms with Gasteiger partial charge in [-0.2, -0.15) is 0 Å². The third-order valence-electron chi connectivity index (χ3n) is 4.29. The summed E-state index contributed by atoms with van der Waals surface area (Å²) in [4.78, 5) is 17.0. The van der Waals surface area contributed by atoms with E-state index in [-0.39, 0.29) is 5.91 Å². The van der Waals surface area contributed by atoms with Crippen molar-refractivity contribution < 1.29 is 4.79 Å². The number of para-hydroxylation sites is 2. The number of rotatable bonds is 3. The highest BCUT2D eigenvalue weighted by atomic mass is 127. The SMILES string of the molecule is Cc1cccc(C(=O)Nc2ccc(-n3cnc4ccccc43)cc2)c1I. The summed E-state index contributed by atoms with van der Waals surface area (Å²) < 4.78 is 3.01. The van der Waals surface area contributed by atoms with Crippen LogP contribution in [-0.4, -0.2) is 15.5 Å². The van der Waals surface area contributed by atoms with Crippen molar-refractivity contribution in [1.29, 1.82) is 0 Å². The van der Waals surface area contributed by atoms with Gasteiger partial charge in [-0.3, -0.25) is 9.36 Å². The third kappa shape index (κ3) is 3.10. The number of aryl methyl sites for hydroxylation is 1. The van der Waals surface area contributed by atoms with Crippen LogP contribution in [0.25, 0.3) is 16.7 Å². The Morgan fingerprint density at radius 1 is 1.00 bits per heavy atom. The maximum absolute atomic E-state index is 12.5. The monoisotopic (exact) mass is 453 g/mol. The van der Waals surface area contributed by atoms with E-state index in [0.717, 1.165) is 31.5 Å². The molecule has 0 atom stereocenters. The standard InChI is InChI=1S/C21H16IN3O/c1-14-5-4-6-17(20(14)22)21(26)24-15-9-11-16(12-10-15)25-13-23-18-7-2-3-8-19(18)25/h2-13H,1H3,(H,24,26). The van der Waals surface area contributed by atoms with Crippen molar-refractivity contribution in [3.63, 3.8) is 0 Å². The second-order valence-corrected chi connectivity index (χ2v) is 7.12. The Morgan fingerprint density at radius 2 is 1.77 bits per heavy atom. The number of hydrogen-bond donors (Lipinski definition) is 1. The van der Waals surface area contributed by atoms with Crippen molar-refractivity contribution in [2.45, 2.75) is 6.92 Å². The molecule has 0 spiro atoms. The van der Waals surface area contributed by atoms with E-state index in [9.17, 15) is 4.79 Å². The number of benzene rings is 3. The minimum absolute atomic E-state index is 0.0982. The van der Waals surface area contributed by atoms with Crippen LogP contribution in [-0.2, 0) is 0 Å². The summed E-state index contributed by atoms with van der Waals surface area (Å²) in [5.74, 6) is -0.0982. The van der Waals surface area contributed by atoms with E-state index in [1.807, 2.05) is 84.5 Å². The van der Waals surface area contributed by atoms with E-state index in [1.165, 1.54) is 0 Å². The van der Waals surface area contributed by atoms with E-state index in [4.69, 9.17) is 0 Å². The highest BCUT2D eigenvalue weighted by Crippen LogP contribution is 2.21. The molecule has 0 unspecified atom stereocenters. The lowest BCUT2D eigenvalue weighted by molar-refractivity contribution is 0.102. The Balaban J connectivity index is 1.58. The van der Waals surface area contributed by atoms with Gasteiger partial charge >= 0.3 is 0 Å². The number of nitrogens with one attached hydrogen (secondary N) is 1. The van der Waals surface area contributed by atoms with Gasteiger partial charge in [0.2, 0.25) is 0 Å². The van der Waals surface area contributed by atoms with Crippen molar-refractivity contribution in [3.8, 4) is 5.69 Å². The molecule has 0 saturated carbocycles. The van der Waals surface area contributed by atoms with Crippen LogP contribution >= 0.6 is 22.6 Å². The number of fused-ring (bicyclic) bond motifs is 1. The van der Waals surface area contributed by atoms with E-state index in [0.29, 0.717) is 5.56 Å². The van der Waals surface area contributed by atoms with Gasteiger partial charge in [0.05, 0.1) is 16.6 Å². The fourth-order valence-corrected chi connectivity index (χ4v) is 3.50. The Kier molecular flexibility index (Phi) is 4.46. The molecular weight excluding hydrogens is 437 g/mol. The number of nitrogens with zero attached hydrogens (tertiary/aromatic N) is 2. The summed E-state index contributed by atoms with van der Waals surface area (Å²) in [5, 5.41) is 2.97. The molecular formula is C21H16IN3O. The predicted molar refractivity (Wildman–Crippen MR) is 113 cm³/mol. The average Bonchev–Trinajstić information content (AvgIpc) is 3.09. The molecule has 1 amide bonds. The van der Waals surface area contributed by atoms with Gasteiger partial charge in [-0.05, 0) is 77.5 Å². The fraction of sp³-hybridized carbons (Fsp3) is 0.0476. The maximum atomic E-state index is 12.5. The van der Waals surface area contributed by atoms with Crippen LogP contribution in [0.3, 0.4) is 0 Å². The Bertz CT molecular complexity index is 1100. The number of carbonyl (C=O) groups is 1. The van der Waals surface area contributed by atoms with Crippen molar-refractivity contribution in [2.75, 3.05) is 5.32 Å². The topological polar surface area (TPSA) is 46.9 Å². The van der Waals surface area contributed by atoms with Gasteiger partial charge in [0.1, 0.15) is 6.33 Å². The van der Waals surface area contributed by atoms with Gasteiger partial charge < -0.3 is 5.32 Å². The summed E-state index contributed by atoms with van der Waals surface area (Å²) in [5.41, 5.74) is 5.57. The largest absolute Gasteiger partial charge is 0.322 e. The second-order valence-electron chi connectivity index (χ2n) is 6.04. The zero-order valence-electron chi connectivity index (χ0n) is 14.1. The summed E-state index contributed by atoms with van der Waals surface area (Å²) in [6, 6.07) is 21.5. The molecule has 3 aromatic carbocycles. The molecule has 0 saturated heterocycles. The lowest BCUT2D eigenvalue weighted by atomic mass is 10.1. The number of anilines is 1. The Labute approximate surface area is 165 Å². The molecule has 1 heterocycles. The van der Waals surface area contributed by atoms with Crippen molar-refractivity contribution in [1.82, 2.24) is 9.55 Å². The molecule has 1 N–H and O–H groups in total. The first-order valence-corrected chi connectivity index (χ1v) is 9.30. The summed E-state index contributed by atoms with van der Waals surface area (Å²) in [6.07, 6.45) is 1.81. The van der Waals surface area contributed by atoms with E-state index in [2.05, 4.69) is 32.9 Å². The molecule has 5 heteroatoms. The molecule has 0 radical (unpaired) electrons. The molecule has 0 aliphatic heterocycles. The molecule has 0 fully saturated rings. The van der Waals surface area contributed by atoms with Gasteiger partial charge in [-0.25, -0.2) is 4.98 Å². The smallest absolute Gasteiger partial charge is 0.256 e. The lowest BCUT2D eigenvalue weighted by Crippen LogP contribution is -2.14. The van der Waals surface area contributed by atoms with Crippen LogP contribution in [0.1, 0.15) is 15.9 Å². The Hall–Kier alpha value is -2.67. The van der Waals surface area contributed by atoms with Crippen LogP contribution in [0.5, 0.6) is 0 Å². The molecule has 0 aliphatic carbocycles. The highest BCUT2D eigenvalue weighted by Gasteiger charge is 2.11. The quantitative estimate of drug-likeness (QED) is 0.434. The zero-order chi connectivity index (χ0) is 18.1. The first-order valence-electron chi connectivity index (χ1n) is 8.22. The van der Waals surface area contributed by atoms with E-state index in [1.54, 1.807) is 0 Å². The van der Waals surface area contributed by atoms with Gasteiger partial charge in [-0.15, -0.1) is 0 Å². The second kappa shape index (κ2) is 6.92. The first-order chi connectivity index (χ1) is 12.6. The molecule has 0 bridgehead atoms. The first kappa shape index (κ1) is 16.8. The number of aromatic nitrogens is 2. The number of hydrogen-bond acceptors (Lipinski definition) is 2.